The van der Waals surface area contributed by atoms with E-state index in [1.165, 1.54) is 11.8 Å². The summed E-state index contributed by atoms with van der Waals surface area (Å²) >= 11 is 1.44. The van der Waals surface area contributed by atoms with E-state index in [9.17, 15) is 4.79 Å². The molecule has 0 radical (unpaired) electrons. The molecule has 0 atom stereocenters. The summed E-state index contributed by atoms with van der Waals surface area (Å²) in [5.74, 6) is 1.20. The Morgan fingerprint density at radius 3 is 2.66 bits per heavy atom. The Bertz CT molecular complexity index is 1220. The van der Waals surface area contributed by atoms with Crippen LogP contribution in [-0.4, -0.2) is 39.4 Å². The standard InChI is InChI=1S/C25H26N4O2S/c1-4-28(20-8-6-7-18(3)15-20)24(30)17-32-25-23-16-22(27-29(23)14-13-26-25)19-9-11-21(12-10-19)31-5-2/h6-16H,4-5,17H2,1-3H3. The number of hydrogen-bond donors (Lipinski definition) is 0. The van der Waals surface area contributed by atoms with Crippen LogP contribution in [0, 0.1) is 6.92 Å². The maximum Gasteiger partial charge on any atom is 0.237 e. The van der Waals surface area contributed by atoms with Crippen LogP contribution in [0.5, 0.6) is 5.75 Å². The number of carbonyl (C=O) groups is 1. The van der Waals surface area contributed by atoms with Crippen LogP contribution in [-0.2, 0) is 4.79 Å². The molecule has 2 heterocycles. The largest absolute Gasteiger partial charge is 0.494 e. The normalized spacial score (nSPS) is 11.0. The van der Waals surface area contributed by atoms with Crippen molar-refractivity contribution in [2.75, 3.05) is 23.8 Å². The lowest BCUT2D eigenvalue weighted by molar-refractivity contribution is -0.116. The van der Waals surface area contributed by atoms with Crippen LogP contribution < -0.4 is 9.64 Å². The minimum atomic E-state index is 0.0538. The van der Waals surface area contributed by atoms with Crippen LogP contribution in [0.1, 0.15) is 19.4 Å². The quantitative estimate of drug-likeness (QED) is 0.346. The third kappa shape index (κ3) is 4.78. The molecule has 32 heavy (non-hydrogen) atoms. The van der Waals surface area contributed by atoms with Gasteiger partial charge in [0.05, 0.1) is 23.6 Å². The average Bonchev–Trinajstić information content (AvgIpc) is 3.24. The van der Waals surface area contributed by atoms with Gasteiger partial charge in [-0.1, -0.05) is 23.9 Å². The zero-order valence-electron chi connectivity index (χ0n) is 18.5. The van der Waals surface area contributed by atoms with Crippen LogP contribution in [0.4, 0.5) is 5.69 Å². The smallest absolute Gasteiger partial charge is 0.237 e. The fourth-order valence-electron chi connectivity index (χ4n) is 3.55. The van der Waals surface area contributed by atoms with Crippen molar-refractivity contribution in [2.24, 2.45) is 0 Å². The summed E-state index contributed by atoms with van der Waals surface area (Å²) in [5, 5.41) is 5.47. The van der Waals surface area contributed by atoms with Gasteiger partial charge < -0.3 is 9.64 Å². The molecule has 6 nitrogen and oxygen atoms in total. The van der Waals surface area contributed by atoms with Gasteiger partial charge in [0.25, 0.3) is 0 Å². The number of thioether (sulfide) groups is 1. The lowest BCUT2D eigenvalue weighted by Gasteiger charge is -2.21. The van der Waals surface area contributed by atoms with E-state index in [0.717, 1.165) is 38.8 Å². The van der Waals surface area contributed by atoms with Gasteiger partial charge in [0, 0.05) is 30.2 Å². The molecular weight excluding hydrogens is 420 g/mol. The van der Waals surface area contributed by atoms with E-state index in [1.807, 2.05) is 91.0 Å². The third-order valence-corrected chi connectivity index (χ3v) is 6.06. The van der Waals surface area contributed by atoms with E-state index in [4.69, 9.17) is 4.74 Å². The van der Waals surface area contributed by atoms with Crippen LogP contribution in [0.2, 0.25) is 0 Å². The molecule has 7 heteroatoms. The van der Waals surface area contributed by atoms with E-state index in [1.54, 1.807) is 6.20 Å². The molecule has 164 valence electrons. The lowest BCUT2D eigenvalue weighted by Crippen LogP contribution is -2.32. The van der Waals surface area contributed by atoms with Gasteiger partial charge in [0.2, 0.25) is 5.91 Å². The molecule has 2 aromatic heterocycles. The number of nitrogens with zero attached hydrogens (tertiary/aromatic N) is 4. The van der Waals surface area contributed by atoms with E-state index in [-0.39, 0.29) is 5.91 Å². The molecule has 0 unspecified atom stereocenters. The molecule has 0 spiro atoms. The van der Waals surface area contributed by atoms with Crippen molar-refractivity contribution in [1.82, 2.24) is 14.6 Å². The molecule has 0 saturated heterocycles. The molecule has 4 aromatic rings. The van der Waals surface area contributed by atoms with Crippen molar-refractivity contribution in [1.29, 1.82) is 0 Å². The monoisotopic (exact) mass is 446 g/mol. The van der Waals surface area contributed by atoms with Crippen LogP contribution in [0.25, 0.3) is 16.8 Å². The van der Waals surface area contributed by atoms with E-state index in [2.05, 4.69) is 10.1 Å². The van der Waals surface area contributed by atoms with Gasteiger partial charge in [0.15, 0.2) is 0 Å². The number of fused-ring (bicyclic) bond motifs is 1. The number of anilines is 1. The maximum atomic E-state index is 13.0. The Kier molecular flexibility index (Phi) is 6.75. The Morgan fingerprint density at radius 2 is 1.94 bits per heavy atom. The molecule has 0 aliphatic rings. The molecule has 0 bridgehead atoms. The summed E-state index contributed by atoms with van der Waals surface area (Å²) in [5.41, 5.74) is 4.79. The molecule has 4 rings (SSSR count). The average molecular weight is 447 g/mol. The molecule has 0 fully saturated rings. The molecule has 0 saturated carbocycles. The molecular formula is C25H26N4O2S. The number of aromatic nitrogens is 3. The zero-order chi connectivity index (χ0) is 22.5. The topological polar surface area (TPSA) is 59.7 Å². The van der Waals surface area contributed by atoms with E-state index in [0.29, 0.717) is 18.9 Å². The van der Waals surface area contributed by atoms with Gasteiger partial charge in [0.1, 0.15) is 10.8 Å². The first-order chi connectivity index (χ1) is 15.6. The van der Waals surface area contributed by atoms with Gasteiger partial charge in [-0.15, -0.1) is 0 Å². The number of amides is 1. The lowest BCUT2D eigenvalue weighted by atomic mass is 10.1. The van der Waals surface area contributed by atoms with Gasteiger partial charge in [-0.25, -0.2) is 9.50 Å². The summed E-state index contributed by atoms with van der Waals surface area (Å²) in [6.07, 6.45) is 3.54. The zero-order valence-corrected chi connectivity index (χ0v) is 19.3. The minimum Gasteiger partial charge on any atom is -0.494 e. The summed E-state index contributed by atoms with van der Waals surface area (Å²) in [6.45, 7) is 7.24. The first-order valence-electron chi connectivity index (χ1n) is 10.7. The van der Waals surface area contributed by atoms with Crippen molar-refractivity contribution in [3.63, 3.8) is 0 Å². The van der Waals surface area contributed by atoms with Crippen molar-refractivity contribution >= 4 is 28.9 Å². The number of carbonyl (C=O) groups excluding carboxylic acids is 1. The Morgan fingerprint density at radius 1 is 1.12 bits per heavy atom. The number of hydrogen-bond acceptors (Lipinski definition) is 5. The van der Waals surface area contributed by atoms with Gasteiger partial charge in [-0.2, -0.15) is 5.10 Å². The number of rotatable bonds is 8. The number of benzene rings is 2. The molecule has 2 aromatic carbocycles. The Balaban J connectivity index is 1.52. The molecule has 0 aliphatic heterocycles. The van der Waals surface area contributed by atoms with Crippen molar-refractivity contribution in [3.05, 3.63) is 72.6 Å². The first kappa shape index (κ1) is 21.9. The summed E-state index contributed by atoms with van der Waals surface area (Å²) in [6, 6.07) is 17.9. The molecule has 1 amide bonds. The van der Waals surface area contributed by atoms with Crippen molar-refractivity contribution in [3.8, 4) is 17.0 Å². The predicted molar refractivity (Wildman–Crippen MR) is 130 cm³/mol. The van der Waals surface area contributed by atoms with Gasteiger partial charge in [-0.3, -0.25) is 4.79 Å². The second kappa shape index (κ2) is 9.87. The number of aryl methyl sites for hydroxylation is 1. The minimum absolute atomic E-state index is 0.0538. The second-order valence-electron chi connectivity index (χ2n) is 7.31. The Labute approximate surface area is 192 Å². The third-order valence-electron chi connectivity index (χ3n) is 5.08. The fourth-order valence-corrected chi connectivity index (χ4v) is 4.40. The van der Waals surface area contributed by atoms with Crippen LogP contribution in [0.3, 0.4) is 0 Å². The molecule has 0 N–H and O–H groups in total. The Hall–Kier alpha value is -3.32. The highest BCUT2D eigenvalue weighted by atomic mass is 32.2. The highest BCUT2D eigenvalue weighted by molar-refractivity contribution is 8.00. The van der Waals surface area contributed by atoms with Gasteiger partial charge in [-0.05, 0) is 68.8 Å². The van der Waals surface area contributed by atoms with E-state index < -0.39 is 0 Å². The summed E-state index contributed by atoms with van der Waals surface area (Å²) in [7, 11) is 0. The molecule has 0 aliphatic carbocycles. The van der Waals surface area contributed by atoms with Crippen LogP contribution in [0.15, 0.2) is 72.0 Å². The fraction of sp³-hybridized carbons (Fsp3) is 0.240. The van der Waals surface area contributed by atoms with Crippen molar-refractivity contribution < 1.29 is 9.53 Å². The van der Waals surface area contributed by atoms with E-state index >= 15 is 0 Å². The van der Waals surface area contributed by atoms with Gasteiger partial charge >= 0.3 is 0 Å². The summed E-state index contributed by atoms with van der Waals surface area (Å²) in [4.78, 5) is 19.3. The predicted octanol–water partition coefficient (Wildman–Crippen LogP) is 5.25. The highest BCUT2D eigenvalue weighted by Crippen LogP contribution is 2.28. The maximum absolute atomic E-state index is 13.0. The SMILES string of the molecule is CCOc1ccc(-c2cc3c(SCC(=O)N(CC)c4cccc(C)c4)nccn3n2)cc1. The second-order valence-corrected chi connectivity index (χ2v) is 8.28. The summed E-state index contributed by atoms with van der Waals surface area (Å²) < 4.78 is 7.33. The van der Waals surface area contributed by atoms with Crippen molar-refractivity contribution in [2.45, 2.75) is 25.8 Å². The number of ether oxygens (including phenoxy) is 1. The first-order valence-corrected chi connectivity index (χ1v) is 11.6. The van der Waals surface area contributed by atoms with Crippen LogP contribution >= 0.6 is 11.8 Å². The highest BCUT2D eigenvalue weighted by Gasteiger charge is 2.16.